The molecule has 0 bridgehead atoms. The number of hydrogen-bond donors (Lipinski definition) is 2. The summed E-state index contributed by atoms with van der Waals surface area (Å²) in [7, 11) is 0. The van der Waals surface area contributed by atoms with Crippen LogP contribution in [0.3, 0.4) is 0 Å². The van der Waals surface area contributed by atoms with Gasteiger partial charge in [0.1, 0.15) is 0 Å². The van der Waals surface area contributed by atoms with Crippen LogP contribution in [-0.4, -0.2) is 23.3 Å². The van der Waals surface area contributed by atoms with Gasteiger partial charge in [0.25, 0.3) is 5.91 Å². The Morgan fingerprint density at radius 1 is 1.00 bits per heavy atom. The van der Waals surface area contributed by atoms with Gasteiger partial charge in [-0.15, -0.1) is 0 Å². The molecule has 5 nitrogen and oxygen atoms in total. The zero-order valence-corrected chi connectivity index (χ0v) is 15.6. The molecule has 0 saturated heterocycles. The number of carbonyl (C=O) groups excluding carboxylic acids is 2. The van der Waals surface area contributed by atoms with Gasteiger partial charge in [-0.05, 0) is 30.7 Å². The molecule has 3 rings (SSSR count). The summed E-state index contributed by atoms with van der Waals surface area (Å²) in [5.41, 5.74) is 3.75. The highest BCUT2D eigenvalue weighted by molar-refractivity contribution is 6.07. The third kappa shape index (κ3) is 4.31. The van der Waals surface area contributed by atoms with Gasteiger partial charge in [-0.2, -0.15) is 0 Å². The molecule has 138 valence electrons. The van der Waals surface area contributed by atoms with E-state index < -0.39 is 0 Å². The van der Waals surface area contributed by atoms with Crippen LogP contribution in [0.2, 0.25) is 0 Å². The van der Waals surface area contributed by atoms with Crippen molar-refractivity contribution in [3.8, 4) is 11.3 Å². The lowest BCUT2D eigenvalue weighted by atomic mass is 10.0. The quantitative estimate of drug-likeness (QED) is 0.684. The van der Waals surface area contributed by atoms with Gasteiger partial charge in [-0.1, -0.05) is 44.2 Å². The standard InChI is InChI=1S/C22H23N3O2/c1-3-13-23-22(27)18-14-20(25-19-8-6-5-7-17(18)19)15-9-11-16(12-10-15)24-21(26)4-2/h5-12,14H,3-4,13H2,1-2H3,(H,23,27)(H,24,26). The maximum Gasteiger partial charge on any atom is 0.252 e. The Hall–Kier alpha value is -3.21. The SMILES string of the molecule is CCCNC(=O)c1cc(-c2ccc(NC(=O)CC)cc2)nc2ccccc12. The molecule has 0 spiro atoms. The van der Waals surface area contributed by atoms with E-state index in [1.165, 1.54) is 0 Å². The number of pyridine rings is 1. The Labute approximate surface area is 158 Å². The number of nitrogens with zero attached hydrogens (tertiary/aromatic N) is 1. The fourth-order valence-corrected chi connectivity index (χ4v) is 2.82. The van der Waals surface area contributed by atoms with Crippen LogP contribution in [0, 0.1) is 0 Å². The molecular formula is C22H23N3O2. The molecule has 0 aliphatic carbocycles. The molecule has 0 fully saturated rings. The van der Waals surface area contributed by atoms with Crippen LogP contribution < -0.4 is 10.6 Å². The van der Waals surface area contributed by atoms with Gasteiger partial charge < -0.3 is 10.6 Å². The summed E-state index contributed by atoms with van der Waals surface area (Å²) >= 11 is 0. The first kappa shape index (κ1) is 18.6. The first-order chi connectivity index (χ1) is 13.1. The van der Waals surface area contributed by atoms with E-state index in [0.717, 1.165) is 34.3 Å². The Morgan fingerprint density at radius 2 is 1.74 bits per heavy atom. The monoisotopic (exact) mass is 361 g/mol. The maximum atomic E-state index is 12.6. The summed E-state index contributed by atoms with van der Waals surface area (Å²) in [6.45, 7) is 4.47. The largest absolute Gasteiger partial charge is 0.352 e. The molecule has 1 heterocycles. The summed E-state index contributed by atoms with van der Waals surface area (Å²) in [6, 6.07) is 17.0. The predicted molar refractivity (Wildman–Crippen MR) is 109 cm³/mol. The summed E-state index contributed by atoms with van der Waals surface area (Å²) in [4.78, 5) is 28.9. The van der Waals surface area contributed by atoms with Gasteiger partial charge in [0.05, 0.1) is 16.8 Å². The molecule has 2 N–H and O–H groups in total. The number of rotatable bonds is 6. The number of nitrogens with one attached hydrogen (secondary N) is 2. The van der Waals surface area contributed by atoms with E-state index in [1.54, 1.807) is 0 Å². The van der Waals surface area contributed by atoms with E-state index in [9.17, 15) is 9.59 Å². The first-order valence-corrected chi connectivity index (χ1v) is 9.20. The lowest BCUT2D eigenvalue weighted by molar-refractivity contribution is -0.115. The van der Waals surface area contributed by atoms with Crippen molar-refractivity contribution in [1.29, 1.82) is 0 Å². The molecule has 0 aliphatic rings. The molecule has 0 aliphatic heterocycles. The molecule has 5 heteroatoms. The van der Waals surface area contributed by atoms with Gasteiger partial charge in [0, 0.05) is 29.6 Å². The van der Waals surface area contributed by atoms with Crippen LogP contribution >= 0.6 is 0 Å². The fraction of sp³-hybridized carbons (Fsp3) is 0.227. The van der Waals surface area contributed by atoms with Crippen molar-refractivity contribution in [2.75, 3.05) is 11.9 Å². The second kappa shape index (κ2) is 8.45. The second-order valence-electron chi connectivity index (χ2n) is 6.31. The van der Waals surface area contributed by atoms with Crippen molar-refractivity contribution < 1.29 is 9.59 Å². The van der Waals surface area contributed by atoms with Gasteiger partial charge in [-0.3, -0.25) is 9.59 Å². The number of carbonyl (C=O) groups is 2. The summed E-state index contributed by atoms with van der Waals surface area (Å²) in [5, 5.41) is 6.61. The number of fused-ring (bicyclic) bond motifs is 1. The van der Waals surface area contributed by atoms with Crippen molar-refractivity contribution in [3.63, 3.8) is 0 Å². The van der Waals surface area contributed by atoms with E-state index in [-0.39, 0.29) is 11.8 Å². The van der Waals surface area contributed by atoms with Crippen molar-refractivity contribution in [2.45, 2.75) is 26.7 Å². The number of aromatic nitrogens is 1. The number of para-hydroxylation sites is 1. The summed E-state index contributed by atoms with van der Waals surface area (Å²) in [5.74, 6) is -0.120. The van der Waals surface area contributed by atoms with E-state index in [1.807, 2.05) is 68.4 Å². The van der Waals surface area contributed by atoms with Crippen molar-refractivity contribution >= 4 is 28.4 Å². The minimum atomic E-state index is -0.0940. The highest BCUT2D eigenvalue weighted by Gasteiger charge is 2.13. The van der Waals surface area contributed by atoms with Crippen LogP contribution in [0.5, 0.6) is 0 Å². The fourth-order valence-electron chi connectivity index (χ4n) is 2.82. The minimum absolute atomic E-state index is 0.0264. The molecule has 2 aromatic carbocycles. The maximum absolute atomic E-state index is 12.6. The molecule has 0 unspecified atom stereocenters. The van der Waals surface area contributed by atoms with Crippen LogP contribution in [-0.2, 0) is 4.79 Å². The van der Waals surface area contributed by atoms with Crippen LogP contribution in [0.1, 0.15) is 37.0 Å². The highest BCUT2D eigenvalue weighted by Crippen LogP contribution is 2.26. The first-order valence-electron chi connectivity index (χ1n) is 9.20. The molecule has 0 atom stereocenters. The lowest BCUT2D eigenvalue weighted by Crippen LogP contribution is -2.24. The van der Waals surface area contributed by atoms with Crippen molar-refractivity contribution in [1.82, 2.24) is 10.3 Å². The highest BCUT2D eigenvalue weighted by atomic mass is 16.2. The Bertz CT molecular complexity index is 965. The van der Waals surface area contributed by atoms with Crippen molar-refractivity contribution in [2.24, 2.45) is 0 Å². The van der Waals surface area contributed by atoms with Crippen LogP contribution in [0.4, 0.5) is 5.69 Å². The summed E-state index contributed by atoms with van der Waals surface area (Å²) < 4.78 is 0. The molecule has 3 aromatic rings. The molecular weight excluding hydrogens is 338 g/mol. The second-order valence-corrected chi connectivity index (χ2v) is 6.31. The van der Waals surface area contributed by atoms with Crippen LogP contribution in [0.15, 0.2) is 54.6 Å². The van der Waals surface area contributed by atoms with E-state index in [4.69, 9.17) is 4.98 Å². The Balaban J connectivity index is 1.99. The van der Waals surface area contributed by atoms with Gasteiger partial charge in [0.15, 0.2) is 0 Å². The molecule has 27 heavy (non-hydrogen) atoms. The molecule has 0 radical (unpaired) electrons. The number of amides is 2. The van der Waals surface area contributed by atoms with Crippen LogP contribution in [0.25, 0.3) is 22.2 Å². The Kier molecular flexibility index (Phi) is 5.81. The smallest absolute Gasteiger partial charge is 0.252 e. The predicted octanol–water partition coefficient (Wildman–Crippen LogP) is 4.39. The Morgan fingerprint density at radius 3 is 2.44 bits per heavy atom. The normalized spacial score (nSPS) is 10.6. The topological polar surface area (TPSA) is 71.1 Å². The molecule has 0 saturated carbocycles. The number of anilines is 1. The lowest BCUT2D eigenvalue weighted by Gasteiger charge is -2.11. The zero-order valence-electron chi connectivity index (χ0n) is 15.6. The average Bonchev–Trinajstić information content (AvgIpc) is 2.71. The van der Waals surface area contributed by atoms with E-state index in [2.05, 4.69) is 10.6 Å². The number of hydrogen-bond acceptors (Lipinski definition) is 3. The molecule has 1 aromatic heterocycles. The third-order valence-corrected chi connectivity index (χ3v) is 4.28. The summed E-state index contributed by atoms with van der Waals surface area (Å²) in [6.07, 6.45) is 1.32. The van der Waals surface area contributed by atoms with Gasteiger partial charge >= 0.3 is 0 Å². The van der Waals surface area contributed by atoms with Gasteiger partial charge in [-0.25, -0.2) is 4.98 Å². The van der Waals surface area contributed by atoms with E-state index >= 15 is 0 Å². The van der Waals surface area contributed by atoms with Crippen molar-refractivity contribution in [3.05, 3.63) is 60.2 Å². The average molecular weight is 361 g/mol. The minimum Gasteiger partial charge on any atom is -0.352 e. The third-order valence-electron chi connectivity index (χ3n) is 4.28. The molecule has 2 amide bonds. The zero-order chi connectivity index (χ0) is 19.2. The number of benzene rings is 2. The van der Waals surface area contributed by atoms with E-state index in [0.29, 0.717) is 18.5 Å². The van der Waals surface area contributed by atoms with Gasteiger partial charge in [0.2, 0.25) is 5.91 Å².